The number of likely N-dealkylation sites (tertiary alicyclic amines) is 1. The average molecular weight is 371 g/mol. The Hall–Kier alpha value is -2.74. The van der Waals surface area contributed by atoms with Crippen LogP contribution in [0.2, 0.25) is 0 Å². The minimum Gasteiger partial charge on any atom is -0.325 e. The molecule has 2 heterocycles. The number of aryl methyl sites for hydroxylation is 2. The van der Waals surface area contributed by atoms with E-state index in [0.29, 0.717) is 18.2 Å². The monoisotopic (exact) mass is 371 g/mol. The summed E-state index contributed by atoms with van der Waals surface area (Å²) in [5, 5.41) is 18.1. The van der Waals surface area contributed by atoms with Crippen molar-refractivity contribution in [3.8, 4) is 0 Å². The van der Waals surface area contributed by atoms with Gasteiger partial charge in [0.1, 0.15) is 0 Å². The van der Waals surface area contributed by atoms with Gasteiger partial charge in [0.2, 0.25) is 5.91 Å². The number of nitrogens with one attached hydrogen (secondary N) is 1. The summed E-state index contributed by atoms with van der Waals surface area (Å²) in [5.41, 5.74) is 2.65. The maximum absolute atomic E-state index is 12.2. The molecule has 0 unspecified atom stereocenters. The number of hydrogen-bond donors (Lipinski definition) is 1. The summed E-state index contributed by atoms with van der Waals surface area (Å²) in [4.78, 5) is 24.7. The second-order valence-electron chi connectivity index (χ2n) is 7.18. The van der Waals surface area contributed by atoms with Crippen LogP contribution in [0.15, 0.2) is 30.3 Å². The molecular weight excluding hydrogens is 346 g/mol. The molecule has 8 heteroatoms. The molecule has 1 aromatic heterocycles. The van der Waals surface area contributed by atoms with Gasteiger partial charge in [-0.15, -0.1) is 0 Å². The normalized spacial score (nSPS) is 15.6. The van der Waals surface area contributed by atoms with Crippen LogP contribution in [-0.4, -0.2) is 45.1 Å². The fourth-order valence-corrected chi connectivity index (χ4v) is 3.53. The number of nitrogens with zero attached hydrogens (tertiary/aromatic N) is 4. The standard InChI is InChI=1S/C19H25N5O3/c1-14-10-15(2)23(21-14)12-16-6-8-22(9-7-16)13-19(25)20-17-4-3-5-18(11-17)24(26)27/h3-5,10-11,16H,6-9,12-13H2,1-2H3,(H,20,25). The van der Waals surface area contributed by atoms with Gasteiger partial charge in [-0.1, -0.05) is 6.07 Å². The van der Waals surface area contributed by atoms with E-state index in [1.807, 2.05) is 6.92 Å². The van der Waals surface area contributed by atoms with E-state index in [9.17, 15) is 14.9 Å². The lowest BCUT2D eigenvalue weighted by molar-refractivity contribution is -0.384. The number of carbonyl (C=O) groups is 1. The third-order valence-electron chi connectivity index (χ3n) is 4.95. The molecule has 0 aliphatic carbocycles. The van der Waals surface area contributed by atoms with Crippen molar-refractivity contribution in [3.05, 3.63) is 51.8 Å². The molecule has 1 aromatic carbocycles. The van der Waals surface area contributed by atoms with E-state index in [2.05, 4.69) is 33.0 Å². The van der Waals surface area contributed by atoms with Crippen LogP contribution in [0.3, 0.4) is 0 Å². The lowest BCUT2D eigenvalue weighted by Gasteiger charge is -2.31. The Kier molecular flexibility index (Phi) is 5.85. The highest BCUT2D eigenvalue weighted by Gasteiger charge is 2.22. The third kappa shape index (κ3) is 5.13. The van der Waals surface area contributed by atoms with Gasteiger partial charge in [-0.25, -0.2) is 0 Å². The molecule has 2 aromatic rings. The van der Waals surface area contributed by atoms with Gasteiger partial charge in [0.05, 0.1) is 17.2 Å². The van der Waals surface area contributed by atoms with E-state index in [1.165, 1.54) is 17.8 Å². The van der Waals surface area contributed by atoms with Crippen molar-refractivity contribution in [1.82, 2.24) is 14.7 Å². The summed E-state index contributed by atoms with van der Waals surface area (Å²) in [5.74, 6) is 0.423. The van der Waals surface area contributed by atoms with Crippen molar-refractivity contribution in [2.45, 2.75) is 33.2 Å². The molecule has 27 heavy (non-hydrogen) atoms. The first-order valence-corrected chi connectivity index (χ1v) is 9.18. The van der Waals surface area contributed by atoms with Crippen LogP contribution in [0.5, 0.6) is 0 Å². The summed E-state index contributed by atoms with van der Waals surface area (Å²) >= 11 is 0. The van der Waals surface area contributed by atoms with Crippen LogP contribution in [0.4, 0.5) is 11.4 Å². The zero-order chi connectivity index (χ0) is 19.4. The Labute approximate surface area is 158 Å². The highest BCUT2D eigenvalue weighted by Crippen LogP contribution is 2.20. The van der Waals surface area contributed by atoms with Crippen LogP contribution in [0.1, 0.15) is 24.2 Å². The number of hydrogen-bond acceptors (Lipinski definition) is 5. The van der Waals surface area contributed by atoms with Gasteiger partial charge in [-0.2, -0.15) is 5.10 Å². The first-order valence-electron chi connectivity index (χ1n) is 9.18. The summed E-state index contributed by atoms with van der Waals surface area (Å²) in [6.07, 6.45) is 2.06. The number of non-ortho nitro benzene ring substituents is 1. The predicted octanol–water partition coefficient (Wildman–Crippen LogP) is 2.76. The summed E-state index contributed by atoms with van der Waals surface area (Å²) in [6.45, 7) is 7.04. The largest absolute Gasteiger partial charge is 0.325 e. The molecule has 1 amide bonds. The van der Waals surface area contributed by atoms with Gasteiger partial charge in [0.25, 0.3) is 5.69 Å². The Bertz CT molecular complexity index is 825. The molecule has 0 spiro atoms. The van der Waals surface area contributed by atoms with Crippen molar-refractivity contribution >= 4 is 17.3 Å². The average Bonchev–Trinajstić information content (AvgIpc) is 2.94. The summed E-state index contributed by atoms with van der Waals surface area (Å²) in [7, 11) is 0. The number of carbonyl (C=O) groups excluding carboxylic acids is 1. The van der Waals surface area contributed by atoms with Gasteiger partial charge >= 0.3 is 0 Å². The first-order chi connectivity index (χ1) is 12.9. The Morgan fingerprint density at radius 2 is 2.04 bits per heavy atom. The number of nitro groups is 1. The zero-order valence-electron chi connectivity index (χ0n) is 15.7. The van der Waals surface area contributed by atoms with Crippen molar-refractivity contribution < 1.29 is 9.72 Å². The van der Waals surface area contributed by atoms with Gasteiger partial charge in [-0.3, -0.25) is 24.5 Å². The number of benzene rings is 1. The second kappa shape index (κ2) is 8.30. The topological polar surface area (TPSA) is 93.3 Å². The van der Waals surface area contributed by atoms with Crippen molar-refractivity contribution in [2.75, 3.05) is 25.0 Å². The van der Waals surface area contributed by atoms with Crippen molar-refractivity contribution in [2.24, 2.45) is 5.92 Å². The molecule has 1 aliphatic heterocycles. The Morgan fingerprint density at radius 1 is 1.30 bits per heavy atom. The molecule has 1 fully saturated rings. The lowest BCUT2D eigenvalue weighted by Crippen LogP contribution is -2.40. The Balaban J connectivity index is 1.46. The van der Waals surface area contributed by atoms with E-state index in [1.54, 1.807) is 12.1 Å². The molecule has 0 radical (unpaired) electrons. The van der Waals surface area contributed by atoms with E-state index in [0.717, 1.165) is 38.2 Å². The minimum absolute atomic E-state index is 0.0298. The molecule has 1 N–H and O–H groups in total. The molecule has 0 saturated carbocycles. The van der Waals surface area contributed by atoms with Crippen LogP contribution in [0.25, 0.3) is 0 Å². The fraction of sp³-hybridized carbons (Fsp3) is 0.474. The van der Waals surface area contributed by atoms with Gasteiger partial charge in [-0.05, 0) is 57.8 Å². The van der Waals surface area contributed by atoms with E-state index >= 15 is 0 Å². The number of piperidine rings is 1. The van der Waals surface area contributed by atoms with Crippen LogP contribution in [-0.2, 0) is 11.3 Å². The molecule has 3 rings (SSSR count). The summed E-state index contributed by atoms with van der Waals surface area (Å²) in [6, 6.07) is 8.10. The minimum atomic E-state index is -0.469. The van der Waals surface area contributed by atoms with Crippen LogP contribution in [0, 0.1) is 29.9 Å². The second-order valence-corrected chi connectivity index (χ2v) is 7.18. The maximum Gasteiger partial charge on any atom is 0.271 e. The third-order valence-corrected chi connectivity index (χ3v) is 4.95. The molecule has 8 nitrogen and oxygen atoms in total. The first kappa shape index (κ1) is 19.0. The number of nitro benzene ring substituents is 1. The smallest absolute Gasteiger partial charge is 0.271 e. The fourth-order valence-electron chi connectivity index (χ4n) is 3.53. The van der Waals surface area contributed by atoms with E-state index < -0.39 is 4.92 Å². The molecule has 0 atom stereocenters. The van der Waals surface area contributed by atoms with Crippen molar-refractivity contribution in [3.63, 3.8) is 0 Å². The van der Waals surface area contributed by atoms with E-state index in [-0.39, 0.29) is 11.6 Å². The lowest BCUT2D eigenvalue weighted by atomic mass is 9.97. The van der Waals surface area contributed by atoms with Gasteiger partial charge < -0.3 is 5.32 Å². The number of rotatable bonds is 6. The zero-order valence-corrected chi connectivity index (χ0v) is 15.7. The quantitative estimate of drug-likeness (QED) is 0.622. The van der Waals surface area contributed by atoms with Crippen LogP contribution >= 0.6 is 0 Å². The highest BCUT2D eigenvalue weighted by atomic mass is 16.6. The SMILES string of the molecule is Cc1cc(C)n(CC2CCN(CC(=O)Nc3cccc([N+](=O)[O-])c3)CC2)n1. The molecule has 0 bridgehead atoms. The summed E-state index contributed by atoms with van der Waals surface area (Å²) < 4.78 is 2.07. The molecular formula is C19H25N5O3. The molecule has 144 valence electrons. The number of anilines is 1. The van der Waals surface area contributed by atoms with Gasteiger partial charge in [0, 0.05) is 30.1 Å². The van der Waals surface area contributed by atoms with Crippen LogP contribution < -0.4 is 5.32 Å². The maximum atomic E-state index is 12.2. The van der Waals surface area contributed by atoms with Crippen molar-refractivity contribution in [1.29, 1.82) is 0 Å². The highest BCUT2D eigenvalue weighted by molar-refractivity contribution is 5.92. The number of aromatic nitrogens is 2. The number of amides is 1. The molecule has 1 saturated heterocycles. The van der Waals surface area contributed by atoms with Gasteiger partial charge in [0.15, 0.2) is 0 Å². The predicted molar refractivity (Wildman–Crippen MR) is 103 cm³/mol. The van der Waals surface area contributed by atoms with E-state index in [4.69, 9.17) is 0 Å². The Morgan fingerprint density at radius 3 is 2.67 bits per heavy atom. The molecule has 1 aliphatic rings.